The molecule has 0 saturated carbocycles. The van der Waals surface area contributed by atoms with Crippen molar-refractivity contribution in [3.8, 4) is 5.88 Å². The van der Waals surface area contributed by atoms with E-state index in [9.17, 15) is 33.0 Å². The zero-order valence-electron chi connectivity index (χ0n) is 20.9. The van der Waals surface area contributed by atoms with Crippen LogP contribution in [0.25, 0.3) is 0 Å². The lowest BCUT2D eigenvalue weighted by molar-refractivity contribution is 0.0294. The Morgan fingerprint density at radius 1 is 1.21 bits per heavy atom. The van der Waals surface area contributed by atoms with Gasteiger partial charge in [-0.05, 0) is 55.8 Å². The van der Waals surface area contributed by atoms with Gasteiger partial charge in [-0.15, -0.1) is 0 Å². The van der Waals surface area contributed by atoms with Crippen LogP contribution >= 0.6 is 11.5 Å². The molecule has 10 nitrogen and oxygen atoms in total. The summed E-state index contributed by atoms with van der Waals surface area (Å²) in [5, 5.41) is 24.5. The highest BCUT2D eigenvalue weighted by atomic mass is 32.1. The number of carbonyl (C=O) groups is 2. The first-order valence-corrected chi connectivity index (χ1v) is 13.0. The van der Waals surface area contributed by atoms with Gasteiger partial charge in [0, 0.05) is 26.2 Å². The second-order valence-electron chi connectivity index (χ2n) is 8.84. The number of aromatic nitrogens is 1. The molecule has 1 saturated heterocycles. The van der Waals surface area contributed by atoms with Gasteiger partial charge in [-0.1, -0.05) is 0 Å². The number of aliphatic hydroxyl groups is 1. The molecule has 38 heavy (non-hydrogen) atoms. The summed E-state index contributed by atoms with van der Waals surface area (Å²) in [6.45, 7) is 4.66. The van der Waals surface area contributed by atoms with Crippen LogP contribution in [0.1, 0.15) is 47.2 Å². The van der Waals surface area contributed by atoms with Gasteiger partial charge in [0.05, 0.1) is 24.9 Å². The number of nitrogens with zero attached hydrogens (tertiary/aromatic N) is 2. The number of amides is 2. The van der Waals surface area contributed by atoms with Crippen LogP contribution in [-0.4, -0.2) is 77.0 Å². The van der Waals surface area contributed by atoms with E-state index in [1.54, 1.807) is 0 Å². The number of benzene rings is 1. The molecule has 1 aliphatic rings. The molecule has 2 heterocycles. The number of hydrogen-bond acceptors (Lipinski definition) is 8. The van der Waals surface area contributed by atoms with E-state index in [2.05, 4.69) is 19.9 Å². The average Bonchev–Trinajstić information content (AvgIpc) is 3.28. The number of carbonyl (C=O) groups excluding carboxylic acids is 1. The molecule has 1 atom stereocenters. The number of rotatable bonds is 13. The zero-order valence-corrected chi connectivity index (χ0v) is 21.7. The molecule has 3 rings (SSSR count). The highest BCUT2D eigenvalue weighted by Crippen LogP contribution is 2.32. The first-order valence-electron chi connectivity index (χ1n) is 12.2. The van der Waals surface area contributed by atoms with Crippen molar-refractivity contribution in [1.82, 2.24) is 14.6 Å². The van der Waals surface area contributed by atoms with E-state index in [1.165, 1.54) is 6.92 Å². The standard InChI is InChI=1S/C24H31F3N4O6S/c1-14-12-17(25)16(20(27)19(14)26)13-37-21-18(23(33)34)22(38-30-21)29-24(35)28-6-3-2-4-15(32)5-7-31-8-10-36-11-9-31/h12,15,32H,2-11,13H2,1H3,(H,33,34)(H2,28,29,35). The van der Waals surface area contributed by atoms with E-state index < -0.39 is 59.2 Å². The molecule has 0 aliphatic carbocycles. The Balaban J connectivity index is 1.43. The third-order valence-corrected chi connectivity index (χ3v) is 6.77. The van der Waals surface area contributed by atoms with Crippen molar-refractivity contribution in [2.75, 3.05) is 44.7 Å². The van der Waals surface area contributed by atoms with Crippen LogP contribution in [0.3, 0.4) is 0 Å². The van der Waals surface area contributed by atoms with Crippen LogP contribution in [0.5, 0.6) is 5.88 Å². The van der Waals surface area contributed by atoms with Crippen LogP contribution in [0.4, 0.5) is 23.0 Å². The second-order valence-corrected chi connectivity index (χ2v) is 9.61. The van der Waals surface area contributed by atoms with Crippen LogP contribution in [0, 0.1) is 24.4 Å². The summed E-state index contributed by atoms with van der Waals surface area (Å²) in [5.41, 5.74) is -1.43. The highest BCUT2D eigenvalue weighted by Gasteiger charge is 2.25. The van der Waals surface area contributed by atoms with E-state index >= 15 is 0 Å². The molecule has 1 aliphatic heterocycles. The molecule has 0 radical (unpaired) electrons. The molecule has 0 bridgehead atoms. The van der Waals surface area contributed by atoms with Crippen LogP contribution in [0.15, 0.2) is 6.07 Å². The molecular weight excluding hydrogens is 529 g/mol. The van der Waals surface area contributed by atoms with E-state index in [-0.39, 0.29) is 10.6 Å². The Morgan fingerprint density at radius 3 is 2.66 bits per heavy atom. The Bertz CT molecular complexity index is 1110. The van der Waals surface area contributed by atoms with Crippen molar-refractivity contribution >= 4 is 28.5 Å². The molecule has 1 unspecified atom stereocenters. The number of hydrogen-bond donors (Lipinski definition) is 4. The SMILES string of the molecule is Cc1cc(F)c(COc2nsc(NC(=O)NCCCCC(O)CCN3CCOCC3)c2C(=O)O)c(F)c1F. The summed E-state index contributed by atoms with van der Waals surface area (Å²) < 4.78 is 56.2. The molecule has 2 aromatic rings. The van der Waals surface area contributed by atoms with Gasteiger partial charge in [0.25, 0.3) is 0 Å². The van der Waals surface area contributed by atoms with Crippen molar-refractivity contribution in [2.24, 2.45) is 0 Å². The number of nitrogens with one attached hydrogen (secondary N) is 2. The van der Waals surface area contributed by atoms with E-state index in [1.807, 2.05) is 0 Å². The molecular formula is C24H31F3N4O6S. The van der Waals surface area contributed by atoms with Gasteiger partial charge < -0.3 is 25.0 Å². The number of ether oxygens (including phenoxy) is 2. The fraction of sp³-hybridized carbons (Fsp3) is 0.542. The Hall–Kier alpha value is -2.94. The number of aromatic carboxylic acids is 1. The van der Waals surface area contributed by atoms with Gasteiger partial charge in [-0.25, -0.2) is 22.8 Å². The van der Waals surface area contributed by atoms with E-state index in [0.717, 1.165) is 25.7 Å². The summed E-state index contributed by atoms with van der Waals surface area (Å²) in [6, 6.07) is 0.132. The molecule has 4 N–H and O–H groups in total. The van der Waals surface area contributed by atoms with E-state index in [0.29, 0.717) is 57.0 Å². The molecule has 14 heteroatoms. The fourth-order valence-corrected chi connectivity index (χ4v) is 4.55. The molecule has 1 fully saturated rings. The third kappa shape index (κ3) is 8.28. The van der Waals surface area contributed by atoms with Crippen molar-refractivity contribution < 1.29 is 42.4 Å². The predicted octanol–water partition coefficient (Wildman–Crippen LogP) is 3.52. The fourth-order valence-electron chi connectivity index (χ4n) is 3.83. The smallest absolute Gasteiger partial charge is 0.344 e. The maximum Gasteiger partial charge on any atom is 0.344 e. The number of halogens is 3. The van der Waals surface area contributed by atoms with Crippen LogP contribution in [0.2, 0.25) is 0 Å². The maximum atomic E-state index is 14.1. The third-order valence-electron chi connectivity index (χ3n) is 6.02. The monoisotopic (exact) mass is 560 g/mol. The van der Waals surface area contributed by atoms with Gasteiger partial charge in [-0.3, -0.25) is 10.2 Å². The molecule has 0 spiro atoms. The van der Waals surface area contributed by atoms with Crippen LogP contribution in [-0.2, 0) is 11.3 Å². The Kier molecular flexibility index (Phi) is 11.1. The van der Waals surface area contributed by atoms with Gasteiger partial charge in [0.2, 0.25) is 5.88 Å². The molecule has 1 aromatic heterocycles. The lowest BCUT2D eigenvalue weighted by Gasteiger charge is -2.27. The number of urea groups is 1. The van der Waals surface area contributed by atoms with Crippen molar-refractivity contribution in [3.63, 3.8) is 0 Å². The molecule has 2 amide bonds. The normalized spacial score (nSPS) is 14.8. The van der Waals surface area contributed by atoms with Crippen molar-refractivity contribution in [1.29, 1.82) is 0 Å². The summed E-state index contributed by atoms with van der Waals surface area (Å²) in [5.74, 6) is -5.66. The molecule has 1 aromatic carbocycles. The topological polar surface area (TPSA) is 133 Å². The predicted molar refractivity (Wildman–Crippen MR) is 133 cm³/mol. The maximum absolute atomic E-state index is 14.1. The number of unbranched alkanes of at least 4 members (excludes halogenated alkanes) is 1. The summed E-state index contributed by atoms with van der Waals surface area (Å²) >= 11 is 0.613. The minimum absolute atomic E-state index is 0.139. The van der Waals surface area contributed by atoms with E-state index in [4.69, 9.17) is 9.47 Å². The quantitative estimate of drug-likeness (QED) is 0.216. The number of carboxylic acids is 1. The van der Waals surface area contributed by atoms with Crippen LogP contribution < -0.4 is 15.4 Å². The number of morpholine rings is 1. The minimum atomic E-state index is -1.48. The van der Waals surface area contributed by atoms with Crippen molar-refractivity contribution in [3.05, 3.63) is 40.2 Å². The van der Waals surface area contributed by atoms with Gasteiger partial charge >= 0.3 is 12.0 Å². The Morgan fingerprint density at radius 2 is 1.95 bits per heavy atom. The molecule has 210 valence electrons. The number of carboxylic acid groups (broad SMARTS) is 1. The minimum Gasteiger partial charge on any atom is -0.477 e. The lowest BCUT2D eigenvalue weighted by atomic mass is 10.1. The lowest BCUT2D eigenvalue weighted by Crippen LogP contribution is -2.37. The highest BCUT2D eigenvalue weighted by molar-refractivity contribution is 7.11. The number of aryl methyl sites for hydroxylation is 1. The van der Waals surface area contributed by atoms with Gasteiger partial charge in [0.1, 0.15) is 17.4 Å². The summed E-state index contributed by atoms with van der Waals surface area (Å²) in [7, 11) is 0. The first kappa shape index (κ1) is 29.6. The van der Waals surface area contributed by atoms with Gasteiger partial charge in [0.15, 0.2) is 17.2 Å². The average molecular weight is 561 g/mol. The Labute approximate surface area is 221 Å². The van der Waals surface area contributed by atoms with Gasteiger partial charge in [-0.2, -0.15) is 4.37 Å². The number of aliphatic hydroxyl groups excluding tert-OH is 1. The zero-order chi connectivity index (χ0) is 27.7. The van der Waals surface area contributed by atoms with Crippen molar-refractivity contribution in [2.45, 2.75) is 45.3 Å². The largest absolute Gasteiger partial charge is 0.477 e. The number of anilines is 1. The summed E-state index contributed by atoms with van der Waals surface area (Å²) in [6.07, 6.45) is 2.13. The summed E-state index contributed by atoms with van der Waals surface area (Å²) in [4.78, 5) is 26.2. The second kappa shape index (κ2) is 14.3. The first-order chi connectivity index (χ1) is 18.2.